The maximum Gasteiger partial charge on any atom is 0.326 e. The molecular formula is C23H31N5O7S2. The molecular weight excluding hydrogens is 522 g/mol. The highest BCUT2D eigenvalue weighted by Crippen LogP contribution is 2.19. The fraction of sp³-hybridized carbons (Fsp3) is 0.435. The van der Waals surface area contributed by atoms with Gasteiger partial charge in [-0.2, -0.15) is 24.4 Å². The number of aromatic nitrogens is 1. The third kappa shape index (κ3) is 8.98. The first-order valence-electron chi connectivity index (χ1n) is 11.3. The average molecular weight is 554 g/mol. The SMILES string of the molecule is CSCCC(NC(=O)C(CS)NC(=O)C(Cc1c[nH]c2ccccc12)NC(=O)C(N)CC(=O)O)C(=O)O. The van der Waals surface area contributed by atoms with Crippen LogP contribution in [0.3, 0.4) is 0 Å². The van der Waals surface area contributed by atoms with Gasteiger partial charge in [-0.1, -0.05) is 18.2 Å². The number of aliphatic carboxylic acids is 2. The first-order chi connectivity index (χ1) is 17.6. The molecule has 4 unspecified atom stereocenters. The van der Waals surface area contributed by atoms with Crippen LogP contribution in [0, 0.1) is 0 Å². The predicted molar refractivity (Wildman–Crippen MR) is 143 cm³/mol. The summed E-state index contributed by atoms with van der Waals surface area (Å²) in [5, 5.41) is 26.5. The lowest BCUT2D eigenvalue weighted by Crippen LogP contribution is -2.58. The van der Waals surface area contributed by atoms with E-state index in [1.54, 1.807) is 6.20 Å². The van der Waals surface area contributed by atoms with E-state index in [9.17, 15) is 29.1 Å². The van der Waals surface area contributed by atoms with E-state index >= 15 is 0 Å². The Balaban J connectivity index is 2.22. The van der Waals surface area contributed by atoms with Crippen molar-refractivity contribution in [2.24, 2.45) is 5.73 Å². The van der Waals surface area contributed by atoms with Crippen LogP contribution in [-0.4, -0.2) is 86.8 Å². The molecule has 0 bridgehead atoms. The zero-order chi connectivity index (χ0) is 27.5. The van der Waals surface area contributed by atoms with Crippen molar-refractivity contribution in [1.82, 2.24) is 20.9 Å². The van der Waals surface area contributed by atoms with Crippen LogP contribution < -0.4 is 21.7 Å². The predicted octanol–water partition coefficient (Wildman–Crippen LogP) is -0.266. The second kappa shape index (κ2) is 14.5. The second-order valence-corrected chi connectivity index (χ2v) is 9.60. The molecule has 0 spiro atoms. The van der Waals surface area contributed by atoms with Crippen molar-refractivity contribution in [3.05, 3.63) is 36.0 Å². The van der Waals surface area contributed by atoms with Crippen LogP contribution in [-0.2, 0) is 30.4 Å². The van der Waals surface area contributed by atoms with Gasteiger partial charge in [0.25, 0.3) is 0 Å². The summed E-state index contributed by atoms with van der Waals surface area (Å²) < 4.78 is 0. The molecule has 14 heteroatoms. The standard InChI is InChI=1S/C23H31N5O7S2/c1-37-7-6-16(23(34)35)26-22(33)18(11-36)28-21(32)17(27-20(31)14(24)9-19(29)30)8-12-10-25-15-5-3-2-4-13(12)15/h2-5,10,14,16-18,25,36H,6-9,11,24H2,1H3,(H,26,33)(H,27,31)(H,28,32)(H,29,30)(H,34,35). The van der Waals surface area contributed by atoms with Crippen molar-refractivity contribution in [1.29, 1.82) is 0 Å². The Bertz CT molecular complexity index is 1130. The summed E-state index contributed by atoms with van der Waals surface area (Å²) in [4.78, 5) is 64.0. The van der Waals surface area contributed by atoms with Gasteiger partial charge in [-0.25, -0.2) is 4.79 Å². The summed E-state index contributed by atoms with van der Waals surface area (Å²) in [6.45, 7) is 0. The zero-order valence-electron chi connectivity index (χ0n) is 20.1. The van der Waals surface area contributed by atoms with E-state index in [-0.39, 0.29) is 18.6 Å². The summed E-state index contributed by atoms with van der Waals surface area (Å²) >= 11 is 5.54. The first-order valence-corrected chi connectivity index (χ1v) is 13.4. The third-order valence-corrected chi connectivity index (χ3v) is 6.51. The van der Waals surface area contributed by atoms with E-state index < -0.39 is 60.2 Å². The molecule has 0 radical (unpaired) electrons. The van der Waals surface area contributed by atoms with Crippen molar-refractivity contribution in [2.45, 2.75) is 43.4 Å². The number of carbonyl (C=O) groups excluding carboxylic acids is 3. The molecule has 202 valence electrons. The quantitative estimate of drug-likeness (QED) is 0.137. The van der Waals surface area contributed by atoms with E-state index in [4.69, 9.17) is 10.8 Å². The monoisotopic (exact) mass is 553 g/mol. The highest BCUT2D eigenvalue weighted by Gasteiger charge is 2.30. The molecule has 0 fully saturated rings. The molecule has 37 heavy (non-hydrogen) atoms. The number of nitrogens with two attached hydrogens (primary N) is 1. The molecule has 0 aliphatic carbocycles. The van der Waals surface area contributed by atoms with E-state index in [1.165, 1.54) is 11.8 Å². The molecule has 0 aliphatic rings. The number of aromatic amines is 1. The molecule has 2 aromatic rings. The molecule has 1 aromatic heterocycles. The van der Waals surface area contributed by atoms with Crippen LogP contribution in [0.1, 0.15) is 18.4 Å². The van der Waals surface area contributed by atoms with Gasteiger partial charge in [0.2, 0.25) is 17.7 Å². The number of carboxylic acids is 2. The Kier molecular flexibility index (Phi) is 11.8. The van der Waals surface area contributed by atoms with E-state index in [1.807, 2.05) is 30.5 Å². The van der Waals surface area contributed by atoms with Crippen LogP contribution >= 0.6 is 24.4 Å². The number of para-hydroxylation sites is 1. The number of benzene rings is 1. The molecule has 12 nitrogen and oxygen atoms in total. The molecule has 1 aromatic carbocycles. The topological polar surface area (TPSA) is 204 Å². The number of fused-ring (bicyclic) bond motifs is 1. The van der Waals surface area contributed by atoms with Gasteiger partial charge in [0.1, 0.15) is 18.1 Å². The van der Waals surface area contributed by atoms with Gasteiger partial charge in [-0.15, -0.1) is 0 Å². The van der Waals surface area contributed by atoms with Crippen LogP contribution in [0.4, 0.5) is 0 Å². The number of hydrogen-bond donors (Lipinski definition) is 8. The Morgan fingerprint density at radius 1 is 1.00 bits per heavy atom. The Hall–Kier alpha value is -3.23. The molecule has 3 amide bonds. The number of hydrogen-bond acceptors (Lipinski definition) is 8. The molecule has 0 saturated heterocycles. The van der Waals surface area contributed by atoms with E-state index in [0.717, 1.165) is 10.9 Å². The maximum absolute atomic E-state index is 13.2. The number of carboxylic acid groups (broad SMARTS) is 2. The molecule has 1 heterocycles. The first kappa shape index (κ1) is 30.0. The second-order valence-electron chi connectivity index (χ2n) is 8.25. The minimum atomic E-state index is -1.40. The van der Waals surface area contributed by atoms with Crippen LogP contribution in [0.15, 0.2) is 30.5 Å². The lowest BCUT2D eigenvalue weighted by atomic mass is 10.0. The Labute approximate surface area is 222 Å². The highest BCUT2D eigenvalue weighted by atomic mass is 32.2. The average Bonchev–Trinajstić information content (AvgIpc) is 3.26. The molecule has 0 aliphatic heterocycles. The van der Waals surface area contributed by atoms with Gasteiger partial charge < -0.3 is 36.9 Å². The van der Waals surface area contributed by atoms with Gasteiger partial charge in [-0.05, 0) is 30.1 Å². The van der Waals surface area contributed by atoms with Crippen molar-refractivity contribution >= 4 is 65.0 Å². The Morgan fingerprint density at radius 3 is 2.24 bits per heavy atom. The van der Waals surface area contributed by atoms with Crippen molar-refractivity contribution in [3.63, 3.8) is 0 Å². The number of thioether (sulfide) groups is 1. The number of carbonyl (C=O) groups is 5. The van der Waals surface area contributed by atoms with E-state index in [0.29, 0.717) is 11.3 Å². The van der Waals surface area contributed by atoms with Crippen LogP contribution in [0.2, 0.25) is 0 Å². The Morgan fingerprint density at radius 2 is 1.62 bits per heavy atom. The fourth-order valence-electron chi connectivity index (χ4n) is 3.52. The van der Waals surface area contributed by atoms with Gasteiger partial charge in [-0.3, -0.25) is 19.2 Å². The van der Waals surface area contributed by atoms with Crippen molar-refractivity contribution < 1.29 is 34.2 Å². The van der Waals surface area contributed by atoms with Gasteiger partial charge in [0.05, 0.1) is 12.5 Å². The van der Waals surface area contributed by atoms with Gasteiger partial charge in [0, 0.05) is 29.3 Å². The minimum Gasteiger partial charge on any atom is -0.481 e. The summed E-state index contributed by atoms with van der Waals surface area (Å²) in [5.74, 6) is -4.45. The van der Waals surface area contributed by atoms with Gasteiger partial charge >= 0.3 is 11.9 Å². The lowest BCUT2D eigenvalue weighted by Gasteiger charge is -2.24. The van der Waals surface area contributed by atoms with E-state index in [2.05, 4.69) is 33.6 Å². The minimum absolute atomic E-state index is 0.00770. The van der Waals surface area contributed by atoms with Crippen molar-refractivity contribution in [3.8, 4) is 0 Å². The third-order valence-electron chi connectivity index (χ3n) is 5.50. The number of thiol groups is 1. The maximum atomic E-state index is 13.2. The zero-order valence-corrected chi connectivity index (χ0v) is 21.8. The molecule has 4 atom stereocenters. The van der Waals surface area contributed by atoms with Crippen LogP contribution in [0.5, 0.6) is 0 Å². The smallest absolute Gasteiger partial charge is 0.326 e. The van der Waals surface area contributed by atoms with Gasteiger partial charge in [0.15, 0.2) is 0 Å². The number of rotatable bonds is 15. The normalized spacial score (nSPS) is 14.2. The summed E-state index contributed by atoms with van der Waals surface area (Å²) in [7, 11) is 0. The number of H-pyrrole nitrogens is 1. The largest absolute Gasteiger partial charge is 0.481 e. The molecule has 2 rings (SSSR count). The summed E-state index contributed by atoms with van der Waals surface area (Å²) in [6, 6.07) is 2.37. The fourth-order valence-corrected chi connectivity index (χ4v) is 4.25. The number of nitrogens with one attached hydrogen (secondary N) is 4. The van der Waals surface area contributed by atoms with Crippen molar-refractivity contribution in [2.75, 3.05) is 17.8 Å². The highest BCUT2D eigenvalue weighted by molar-refractivity contribution is 7.98. The van der Waals surface area contributed by atoms with Crippen LogP contribution in [0.25, 0.3) is 10.9 Å². The number of amides is 3. The molecule has 8 N–H and O–H groups in total. The lowest BCUT2D eigenvalue weighted by molar-refractivity contribution is -0.142. The summed E-state index contributed by atoms with van der Waals surface area (Å²) in [5.41, 5.74) is 7.17. The molecule has 0 saturated carbocycles. The summed E-state index contributed by atoms with van der Waals surface area (Å²) in [6.07, 6.45) is 3.05.